The van der Waals surface area contributed by atoms with Crippen molar-refractivity contribution >= 4 is 33.2 Å². The van der Waals surface area contributed by atoms with Crippen LogP contribution in [0.15, 0.2) is 36.1 Å². The van der Waals surface area contributed by atoms with Gasteiger partial charge in [0.1, 0.15) is 17.0 Å². The first-order chi connectivity index (χ1) is 11.3. The Balaban J connectivity index is 1.59. The molecule has 1 aliphatic heterocycles. The largest absolute Gasteiger partial charge is 0.354 e. The number of piperidine rings is 1. The maximum absolute atomic E-state index is 4.53. The van der Waals surface area contributed by atoms with E-state index in [-0.39, 0.29) is 0 Å². The smallest absolute Gasteiger partial charge is 0.151 e. The van der Waals surface area contributed by atoms with Gasteiger partial charge in [-0.05, 0) is 36.4 Å². The zero-order valence-electron chi connectivity index (χ0n) is 13.0. The van der Waals surface area contributed by atoms with Gasteiger partial charge in [-0.2, -0.15) is 5.10 Å². The summed E-state index contributed by atoms with van der Waals surface area (Å²) in [6, 6.07) is 6.48. The van der Waals surface area contributed by atoms with Gasteiger partial charge >= 0.3 is 0 Å². The minimum Gasteiger partial charge on any atom is -0.354 e. The maximum Gasteiger partial charge on any atom is 0.151 e. The molecule has 0 aliphatic carbocycles. The van der Waals surface area contributed by atoms with E-state index in [0.29, 0.717) is 6.04 Å². The first-order valence-corrected chi connectivity index (χ1v) is 8.64. The summed E-state index contributed by atoms with van der Waals surface area (Å²) in [5.41, 5.74) is 0. The molecule has 4 heterocycles. The molecule has 3 aromatic heterocycles. The van der Waals surface area contributed by atoms with Crippen molar-refractivity contribution in [2.45, 2.75) is 18.9 Å². The second kappa shape index (κ2) is 6.08. The highest BCUT2D eigenvalue weighted by Crippen LogP contribution is 2.29. The van der Waals surface area contributed by atoms with E-state index in [1.165, 1.54) is 0 Å². The highest BCUT2D eigenvalue weighted by Gasteiger charge is 2.26. The lowest BCUT2D eigenvalue weighted by atomic mass is 10.0. The summed E-state index contributed by atoms with van der Waals surface area (Å²) in [5, 5.41) is 11.5. The van der Waals surface area contributed by atoms with E-state index in [9.17, 15) is 0 Å². The maximum atomic E-state index is 4.53. The van der Waals surface area contributed by atoms with Gasteiger partial charge in [-0.15, -0.1) is 16.4 Å². The van der Waals surface area contributed by atoms with Crippen molar-refractivity contribution in [3.63, 3.8) is 0 Å². The number of nitrogens with zero attached hydrogens (tertiary/aromatic N) is 6. The summed E-state index contributed by atoms with van der Waals surface area (Å²) in [6.07, 6.45) is 5.67. The Morgan fingerprint density at radius 1 is 1.30 bits per heavy atom. The van der Waals surface area contributed by atoms with Gasteiger partial charge in [0, 0.05) is 32.4 Å². The molecule has 1 saturated heterocycles. The Kier molecular flexibility index (Phi) is 3.78. The second-order valence-corrected chi connectivity index (χ2v) is 6.67. The molecular formula is C16H18N6S. The molecule has 0 bridgehead atoms. The van der Waals surface area contributed by atoms with E-state index in [0.717, 1.165) is 47.8 Å². The van der Waals surface area contributed by atoms with E-state index >= 15 is 0 Å². The minimum absolute atomic E-state index is 0.406. The Labute approximate surface area is 138 Å². The molecule has 0 unspecified atom stereocenters. The van der Waals surface area contributed by atoms with Crippen LogP contribution in [-0.4, -0.2) is 46.3 Å². The van der Waals surface area contributed by atoms with E-state index in [1.807, 2.05) is 12.1 Å². The summed E-state index contributed by atoms with van der Waals surface area (Å²) < 4.78 is 0. The highest BCUT2D eigenvalue weighted by atomic mass is 32.1. The number of hydrogen-bond acceptors (Lipinski definition) is 7. The number of likely N-dealkylation sites (N-methyl/N-ethyl adjacent to an activating group) is 1. The zero-order chi connectivity index (χ0) is 15.6. The molecule has 7 heteroatoms. The van der Waals surface area contributed by atoms with Crippen molar-refractivity contribution in [1.29, 1.82) is 0 Å². The third-order valence-corrected chi connectivity index (χ3v) is 5.22. The highest BCUT2D eigenvalue weighted by molar-refractivity contribution is 7.16. The molecule has 118 valence electrons. The monoisotopic (exact) mass is 326 g/mol. The summed E-state index contributed by atoms with van der Waals surface area (Å²) in [6.45, 7) is 1.96. The van der Waals surface area contributed by atoms with Gasteiger partial charge in [0.2, 0.25) is 0 Å². The van der Waals surface area contributed by atoms with E-state index in [2.05, 4.69) is 48.5 Å². The molecule has 0 radical (unpaired) electrons. The van der Waals surface area contributed by atoms with Crippen molar-refractivity contribution in [3.8, 4) is 0 Å². The lowest BCUT2D eigenvalue weighted by Gasteiger charge is -2.38. The molecular weight excluding hydrogens is 308 g/mol. The van der Waals surface area contributed by atoms with Crippen LogP contribution in [-0.2, 0) is 0 Å². The van der Waals surface area contributed by atoms with Crippen LogP contribution in [0.25, 0.3) is 10.2 Å². The normalized spacial score (nSPS) is 18.3. The molecule has 1 aliphatic rings. The first kappa shape index (κ1) is 14.3. The summed E-state index contributed by atoms with van der Waals surface area (Å²) in [7, 11) is 2.13. The zero-order valence-corrected chi connectivity index (χ0v) is 13.8. The summed E-state index contributed by atoms with van der Waals surface area (Å²) >= 11 is 1.66. The molecule has 0 aromatic carbocycles. The molecule has 1 atom stereocenters. The van der Waals surface area contributed by atoms with Crippen molar-refractivity contribution < 1.29 is 0 Å². The predicted octanol–water partition coefficient (Wildman–Crippen LogP) is 2.59. The van der Waals surface area contributed by atoms with Gasteiger partial charge in [-0.25, -0.2) is 9.97 Å². The van der Waals surface area contributed by atoms with Crippen LogP contribution in [0.3, 0.4) is 0 Å². The fraction of sp³-hybridized carbons (Fsp3) is 0.375. The van der Waals surface area contributed by atoms with Crippen LogP contribution in [0, 0.1) is 0 Å². The Morgan fingerprint density at radius 2 is 2.26 bits per heavy atom. The standard InChI is InChI=1S/C16H18N6S/c1-21(15-13-6-9-23-16(13)18-11-17-15)12-4-3-8-22(10-12)14-5-2-7-19-20-14/h2,5-7,9,11-12H,3-4,8,10H2,1H3/t12-/m0/s1. The lowest BCUT2D eigenvalue weighted by Crippen LogP contribution is -2.47. The number of fused-ring (bicyclic) bond motifs is 1. The topological polar surface area (TPSA) is 58.0 Å². The lowest BCUT2D eigenvalue weighted by molar-refractivity contribution is 0.483. The Hall–Kier alpha value is -2.28. The second-order valence-electron chi connectivity index (χ2n) is 5.77. The van der Waals surface area contributed by atoms with Gasteiger partial charge in [-0.3, -0.25) is 0 Å². The first-order valence-electron chi connectivity index (χ1n) is 7.76. The molecule has 3 aromatic rings. The van der Waals surface area contributed by atoms with Crippen LogP contribution in [0.2, 0.25) is 0 Å². The average molecular weight is 326 g/mol. The molecule has 1 fully saturated rings. The third-order valence-electron chi connectivity index (χ3n) is 4.40. The van der Waals surface area contributed by atoms with Crippen molar-refractivity contribution in [2.75, 3.05) is 29.9 Å². The number of aromatic nitrogens is 4. The summed E-state index contributed by atoms with van der Waals surface area (Å²) in [4.78, 5) is 14.5. The number of hydrogen-bond donors (Lipinski definition) is 0. The van der Waals surface area contributed by atoms with Crippen LogP contribution in [0.5, 0.6) is 0 Å². The third kappa shape index (κ3) is 2.72. The van der Waals surface area contributed by atoms with Crippen molar-refractivity contribution in [1.82, 2.24) is 20.2 Å². The van der Waals surface area contributed by atoms with Crippen LogP contribution in [0.4, 0.5) is 11.6 Å². The van der Waals surface area contributed by atoms with Gasteiger partial charge < -0.3 is 9.80 Å². The van der Waals surface area contributed by atoms with Crippen molar-refractivity contribution in [2.24, 2.45) is 0 Å². The number of thiophene rings is 1. The van der Waals surface area contributed by atoms with Gasteiger partial charge in [0.15, 0.2) is 5.82 Å². The van der Waals surface area contributed by atoms with Gasteiger partial charge in [0.25, 0.3) is 0 Å². The van der Waals surface area contributed by atoms with Crippen molar-refractivity contribution in [3.05, 3.63) is 36.1 Å². The van der Waals surface area contributed by atoms with Gasteiger partial charge in [0.05, 0.1) is 5.39 Å². The number of anilines is 2. The molecule has 6 nitrogen and oxygen atoms in total. The molecule has 0 spiro atoms. The Morgan fingerprint density at radius 3 is 3.13 bits per heavy atom. The number of rotatable bonds is 3. The van der Waals surface area contributed by atoms with Crippen LogP contribution >= 0.6 is 11.3 Å². The van der Waals surface area contributed by atoms with Crippen LogP contribution < -0.4 is 9.80 Å². The molecule has 0 saturated carbocycles. The SMILES string of the molecule is CN(c1ncnc2sccc12)[C@H]1CCCN(c2cccnn2)C1. The van der Waals surface area contributed by atoms with Gasteiger partial charge in [-0.1, -0.05) is 0 Å². The molecule has 0 N–H and O–H groups in total. The Bertz CT molecular complexity index is 789. The molecule has 0 amide bonds. The fourth-order valence-electron chi connectivity index (χ4n) is 3.17. The minimum atomic E-state index is 0.406. The van der Waals surface area contributed by atoms with Crippen LogP contribution in [0.1, 0.15) is 12.8 Å². The fourth-order valence-corrected chi connectivity index (χ4v) is 3.90. The van der Waals surface area contributed by atoms with E-state index in [1.54, 1.807) is 23.9 Å². The quantitative estimate of drug-likeness (QED) is 0.737. The molecule has 4 rings (SSSR count). The van der Waals surface area contributed by atoms with E-state index < -0.39 is 0 Å². The average Bonchev–Trinajstić information content (AvgIpc) is 3.11. The molecule has 23 heavy (non-hydrogen) atoms. The predicted molar refractivity (Wildman–Crippen MR) is 93.1 cm³/mol. The van der Waals surface area contributed by atoms with E-state index in [4.69, 9.17) is 0 Å². The summed E-state index contributed by atoms with van der Waals surface area (Å²) in [5.74, 6) is 1.97.